The maximum atomic E-state index is 12.4. The van der Waals surface area contributed by atoms with Gasteiger partial charge in [-0.1, -0.05) is 12.1 Å². The predicted octanol–water partition coefficient (Wildman–Crippen LogP) is 3.64. The minimum absolute atomic E-state index is 0.142. The molecule has 0 saturated heterocycles. The van der Waals surface area contributed by atoms with Gasteiger partial charge in [-0.15, -0.1) is 11.3 Å². The average molecular weight is 375 g/mol. The Morgan fingerprint density at radius 3 is 2.60 bits per heavy atom. The summed E-state index contributed by atoms with van der Waals surface area (Å²) in [7, 11) is -3.58. The lowest BCUT2D eigenvalue weighted by atomic mass is 10.1. The van der Waals surface area contributed by atoms with Crippen LogP contribution in [-0.2, 0) is 10.0 Å². The zero-order valence-electron chi connectivity index (χ0n) is 11.1. The van der Waals surface area contributed by atoms with Crippen LogP contribution in [0.2, 0.25) is 0 Å². The number of nitrogens with one attached hydrogen (secondary N) is 1. The summed E-state index contributed by atoms with van der Waals surface area (Å²) in [5.41, 5.74) is 7.20. The number of aryl methyl sites for hydroxylation is 1. The summed E-state index contributed by atoms with van der Waals surface area (Å²) in [4.78, 5) is 1.04. The van der Waals surface area contributed by atoms with Gasteiger partial charge in [-0.25, -0.2) is 8.42 Å². The second-order valence-corrected chi connectivity index (χ2v) is 8.78. The summed E-state index contributed by atoms with van der Waals surface area (Å²) in [6.45, 7) is 3.64. The predicted molar refractivity (Wildman–Crippen MR) is 86.6 cm³/mol. The molecule has 7 heteroatoms. The standard InChI is InChI=1S/C13H15BrN2O2S2/c1-8(15)10-4-3-5-11(6-10)16-20(17,18)12-7-13(14)19-9(12)2/h3-8,16H,15H2,1-2H3. The third kappa shape index (κ3) is 3.41. The maximum Gasteiger partial charge on any atom is 0.263 e. The molecule has 1 aromatic heterocycles. The molecule has 0 bridgehead atoms. The van der Waals surface area contributed by atoms with Crippen LogP contribution in [0.4, 0.5) is 5.69 Å². The molecule has 2 rings (SSSR count). The van der Waals surface area contributed by atoms with Gasteiger partial charge in [0.1, 0.15) is 4.90 Å². The molecule has 0 amide bonds. The van der Waals surface area contributed by atoms with E-state index in [9.17, 15) is 8.42 Å². The summed E-state index contributed by atoms with van der Waals surface area (Å²) < 4.78 is 28.1. The van der Waals surface area contributed by atoms with E-state index in [1.54, 1.807) is 31.2 Å². The van der Waals surface area contributed by atoms with Crippen LogP contribution in [0.15, 0.2) is 39.0 Å². The van der Waals surface area contributed by atoms with Crippen molar-refractivity contribution >= 4 is 43.0 Å². The molecule has 0 spiro atoms. The van der Waals surface area contributed by atoms with Crippen molar-refractivity contribution in [3.63, 3.8) is 0 Å². The van der Waals surface area contributed by atoms with Gasteiger partial charge in [0.25, 0.3) is 10.0 Å². The van der Waals surface area contributed by atoms with Crippen molar-refractivity contribution < 1.29 is 8.42 Å². The first-order valence-corrected chi connectivity index (χ1v) is 9.03. The zero-order valence-corrected chi connectivity index (χ0v) is 14.3. The van der Waals surface area contributed by atoms with E-state index in [1.165, 1.54) is 11.3 Å². The van der Waals surface area contributed by atoms with Crippen LogP contribution in [0.1, 0.15) is 23.4 Å². The molecule has 20 heavy (non-hydrogen) atoms. The second-order valence-electron chi connectivity index (χ2n) is 4.49. The van der Waals surface area contributed by atoms with E-state index in [1.807, 2.05) is 13.0 Å². The second kappa shape index (κ2) is 5.85. The number of sulfonamides is 1. The van der Waals surface area contributed by atoms with Crippen molar-refractivity contribution in [3.05, 3.63) is 44.6 Å². The molecule has 0 aliphatic heterocycles. The van der Waals surface area contributed by atoms with Crippen LogP contribution in [0.3, 0.4) is 0 Å². The zero-order chi connectivity index (χ0) is 14.9. The first-order valence-electron chi connectivity index (χ1n) is 5.94. The topological polar surface area (TPSA) is 72.2 Å². The molecule has 0 aliphatic carbocycles. The summed E-state index contributed by atoms with van der Waals surface area (Å²) >= 11 is 4.69. The van der Waals surface area contributed by atoms with Crippen molar-refractivity contribution in [1.82, 2.24) is 0 Å². The first-order chi connectivity index (χ1) is 9.29. The largest absolute Gasteiger partial charge is 0.324 e. The van der Waals surface area contributed by atoms with Gasteiger partial charge in [0, 0.05) is 16.6 Å². The van der Waals surface area contributed by atoms with E-state index in [0.717, 1.165) is 14.2 Å². The quantitative estimate of drug-likeness (QED) is 0.857. The van der Waals surface area contributed by atoms with E-state index in [-0.39, 0.29) is 6.04 Å². The highest BCUT2D eigenvalue weighted by atomic mass is 79.9. The van der Waals surface area contributed by atoms with Gasteiger partial charge in [0.05, 0.1) is 3.79 Å². The van der Waals surface area contributed by atoms with Gasteiger partial charge in [0.2, 0.25) is 0 Å². The van der Waals surface area contributed by atoms with Crippen molar-refractivity contribution in [2.45, 2.75) is 24.8 Å². The Hall–Kier alpha value is -0.890. The van der Waals surface area contributed by atoms with Crippen LogP contribution >= 0.6 is 27.3 Å². The molecule has 1 heterocycles. The van der Waals surface area contributed by atoms with Gasteiger partial charge >= 0.3 is 0 Å². The molecule has 1 atom stereocenters. The number of halogens is 1. The minimum Gasteiger partial charge on any atom is -0.324 e. The average Bonchev–Trinajstić information content (AvgIpc) is 2.69. The van der Waals surface area contributed by atoms with E-state index >= 15 is 0 Å². The molecular weight excluding hydrogens is 360 g/mol. The van der Waals surface area contributed by atoms with Crippen LogP contribution in [0.5, 0.6) is 0 Å². The lowest BCUT2D eigenvalue weighted by molar-refractivity contribution is 0.601. The number of thiophene rings is 1. The third-order valence-electron chi connectivity index (χ3n) is 2.80. The molecule has 4 nitrogen and oxygen atoms in total. The Morgan fingerprint density at radius 2 is 2.05 bits per heavy atom. The third-order valence-corrected chi connectivity index (χ3v) is 5.99. The van der Waals surface area contributed by atoms with E-state index < -0.39 is 10.0 Å². The summed E-state index contributed by atoms with van der Waals surface area (Å²) in [6, 6.07) is 8.58. The summed E-state index contributed by atoms with van der Waals surface area (Å²) in [5, 5.41) is 0. The molecule has 0 radical (unpaired) electrons. The van der Waals surface area contributed by atoms with Crippen molar-refractivity contribution in [2.75, 3.05) is 4.72 Å². The first kappa shape index (κ1) is 15.5. The number of rotatable bonds is 4. The fourth-order valence-corrected chi connectivity index (χ4v) is 5.26. The SMILES string of the molecule is Cc1sc(Br)cc1S(=O)(=O)Nc1cccc(C(C)N)c1. The number of hydrogen-bond donors (Lipinski definition) is 2. The fourth-order valence-electron chi connectivity index (χ4n) is 1.79. The Morgan fingerprint density at radius 1 is 1.35 bits per heavy atom. The van der Waals surface area contributed by atoms with E-state index in [4.69, 9.17) is 5.73 Å². The lowest BCUT2D eigenvalue weighted by Gasteiger charge is -2.11. The highest BCUT2D eigenvalue weighted by molar-refractivity contribution is 9.11. The normalized spacial score (nSPS) is 13.2. The molecule has 0 saturated carbocycles. The van der Waals surface area contributed by atoms with Crippen LogP contribution in [0, 0.1) is 6.92 Å². The van der Waals surface area contributed by atoms with E-state index in [2.05, 4.69) is 20.7 Å². The number of nitrogens with two attached hydrogens (primary N) is 1. The van der Waals surface area contributed by atoms with Crippen LogP contribution in [-0.4, -0.2) is 8.42 Å². The molecule has 0 fully saturated rings. The number of hydrogen-bond acceptors (Lipinski definition) is 4. The lowest BCUT2D eigenvalue weighted by Crippen LogP contribution is -2.14. The molecule has 0 aliphatic rings. The van der Waals surface area contributed by atoms with Gasteiger partial charge in [0.15, 0.2) is 0 Å². The molecular formula is C13H15BrN2O2S2. The van der Waals surface area contributed by atoms with Crippen molar-refractivity contribution in [2.24, 2.45) is 5.73 Å². The molecule has 2 aromatic rings. The molecule has 1 aromatic carbocycles. The highest BCUT2D eigenvalue weighted by Crippen LogP contribution is 2.31. The minimum atomic E-state index is -3.58. The van der Waals surface area contributed by atoms with Crippen molar-refractivity contribution in [3.8, 4) is 0 Å². The van der Waals surface area contributed by atoms with Crippen molar-refractivity contribution in [1.29, 1.82) is 0 Å². The smallest absolute Gasteiger partial charge is 0.263 e. The van der Waals surface area contributed by atoms with Gasteiger partial charge in [-0.05, 0) is 53.5 Å². The Labute approximate surface area is 131 Å². The summed E-state index contributed by atoms with van der Waals surface area (Å²) in [6.07, 6.45) is 0. The number of benzene rings is 1. The van der Waals surface area contributed by atoms with Gasteiger partial charge < -0.3 is 5.73 Å². The Bertz CT molecular complexity index is 724. The van der Waals surface area contributed by atoms with Gasteiger partial charge in [-0.3, -0.25) is 4.72 Å². The van der Waals surface area contributed by atoms with Crippen LogP contribution < -0.4 is 10.5 Å². The fraction of sp³-hybridized carbons (Fsp3) is 0.231. The Balaban J connectivity index is 2.33. The molecule has 1 unspecified atom stereocenters. The monoisotopic (exact) mass is 374 g/mol. The number of anilines is 1. The van der Waals surface area contributed by atoms with E-state index in [0.29, 0.717) is 10.6 Å². The Kier molecular flexibility index (Phi) is 4.53. The molecule has 3 N–H and O–H groups in total. The highest BCUT2D eigenvalue weighted by Gasteiger charge is 2.19. The summed E-state index contributed by atoms with van der Waals surface area (Å²) in [5.74, 6) is 0. The van der Waals surface area contributed by atoms with Gasteiger partial charge in [-0.2, -0.15) is 0 Å². The maximum absolute atomic E-state index is 12.4. The van der Waals surface area contributed by atoms with Crippen LogP contribution in [0.25, 0.3) is 0 Å². The molecule has 108 valence electrons.